The van der Waals surface area contributed by atoms with Crippen molar-refractivity contribution in [1.82, 2.24) is 10.3 Å². The van der Waals surface area contributed by atoms with Gasteiger partial charge in [-0.15, -0.1) is 0 Å². The van der Waals surface area contributed by atoms with Gasteiger partial charge in [-0.2, -0.15) is 0 Å². The van der Waals surface area contributed by atoms with Crippen molar-refractivity contribution in [3.8, 4) is 5.75 Å². The number of hydrogen-bond acceptors (Lipinski definition) is 3. The molecule has 4 nitrogen and oxygen atoms in total. The molecule has 4 heteroatoms. The van der Waals surface area contributed by atoms with Crippen LogP contribution in [0.4, 0.5) is 0 Å². The lowest BCUT2D eigenvalue weighted by Gasteiger charge is -2.03. The lowest BCUT2D eigenvalue weighted by molar-refractivity contribution is 0.0958. The van der Waals surface area contributed by atoms with Crippen LogP contribution in [0.1, 0.15) is 10.5 Å². The molecule has 0 aliphatic carbocycles. The first-order chi connectivity index (χ1) is 7.74. The van der Waals surface area contributed by atoms with Gasteiger partial charge in [-0.1, -0.05) is 6.07 Å². The van der Waals surface area contributed by atoms with Crippen molar-refractivity contribution in [2.24, 2.45) is 0 Å². The van der Waals surface area contributed by atoms with Gasteiger partial charge in [-0.3, -0.25) is 4.79 Å². The highest BCUT2D eigenvalue weighted by molar-refractivity contribution is 5.94. The van der Waals surface area contributed by atoms with Gasteiger partial charge in [-0.25, -0.2) is 4.98 Å². The van der Waals surface area contributed by atoms with Crippen LogP contribution in [0.25, 0.3) is 10.9 Å². The second-order valence-electron chi connectivity index (χ2n) is 3.33. The van der Waals surface area contributed by atoms with Crippen LogP contribution in [0.5, 0.6) is 5.75 Å². The van der Waals surface area contributed by atoms with Crippen LogP contribution in [-0.2, 0) is 0 Å². The van der Waals surface area contributed by atoms with Crippen LogP contribution in [0.15, 0.2) is 30.3 Å². The van der Waals surface area contributed by atoms with Gasteiger partial charge in [-0.05, 0) is 24.3 Å². The number of nitrogens with one attached hydrogen (secondary N) is 1. The molecular weight excluding hydrogens is 204 g/mol. The summed E-state index contributed by atoms with van der Waals surface area (Å²) in [6.07, 6.45) is 0. The summed E-state index contributed by atoms with van der Waals surface area (Å²) in [6.45, 7) is 0. The van der Waals surface area contributed by atoms with E-state index < -0.39 is 0 Å². The fraction of sp³-hybridized carbons (Fsp3) is 0.167. The standard InChI is InChI=1S/C12H12N2O2/c1-13-12(15)11-5-3-8-7-9(16-2)4-6-10(8)14-11/h3-7H,1-2H3,(H,13,15). The van der Waals surface area contributed by atoms with Gasteiger partial charge in [0.2, 0.25) is 0 Å². The minimum absolute atomic E-state index is 0.183. The second kappa shape index (κ2) is 4.18. The van der Waals surface area contributed by atoms with Gasteiger partial charge in [0.15, 0.2) is 0 Å². The van der Waals surface area contributed by atoms with Gasteiger partial charge in [0, 0.05) is 12.4 Å². The van der Waals surface area contributed by atoms with Gasteiger partial charge in [0.25, 0.3) is 5.91 Å². The van der Waals surface area contributed by atoms with E-state index in [0.717, 1.165) is 16.7 Å². The molecular formula is C12H12N2O2. The number of benzene rings is 1. The Morgan fingerprint density at radius 2 is 2.12 bits per heavy atom. The number of rotatable bonds is 2. The molecule has 82 valence electrons. The maximum absolute atomic E-state index is 11.4. The number of aromatic nitrogens is 1. The molecule has 0 unspecified atom stereocenters. The third-order valence-electron chi connectivity index (χ3n) is 2.36. The van der Waals surface area contributed by atoms with E-state index in [1.165, 1.54) is 0 Å². The fourth-order valence-electron chi connectivity index (χ4n) is 1.49. The Morgan fingerprint density at radius 1 is 1.31 bits per heavy atom. The Balaban J connectivity index is 2.51. The Bertz CT molecular complexity index is 538. The first-order valence-electron chi connectivity index (χ1n) is 4.91. The molecule has 0 spiro atoms. The maximum atomic E-state index is 11.4. The molecule has 1 N–H and O–H groups in total. The zero-order valence-electron chi connectivity index (χ0n) is 9.15. The number of pyridine rings is 1. The normalized spacial score (nSPS) is 10.1. The fourth-order valence-corrected chi connectivity index (χ4v) is 1.49. The molecule has 0 bridgehead atoms. The van der Waals surface area contributed by atoms with E-state index in [9.17, 15) is 4.79 Å². The molecule has 0 aliphatic heterocycles. The van der Waals surface area contributed by atoms with Crippen LogP contribution in [0.3, 0.4) is 0 Å². The molecule has 1 heterocycles. The quantitative estimate of drug-likeness (QED) is 0.829. The molecule has 1 aromatic carbocycles. The number of ether oxygens (including phenoxy) is 1. The predicted molar refractivity (Wildman–Crippen MR) is 61.7 cm³/mol. The van der Waals surface area contributed by atoms with E-state index in [0.29, 0.717) is 5.69 Å². The Kier molecular flexibility index (Phi) is 2.72. The summed E-state index contributed by atoms with van der Waals surface area (Å²) < 4.78 is 5.11. The van der Waals surface area contributed by atoms with Crippen LogP contribution >= 0.6 is 0 Å². The summed E-state index contributed by atoms with van der Waals surface area (Å²) in [7, 11) is 3.20. The lowest BCUT2D eigenvalue weighted by Crippen LogP contribution is -2.18. The SMILES string of the molecule is CNC(=O)c1ccc2cc(OC)ccc2n1. The number of fused-ring (bicyclic) bond motifs is 1. The molecule has 0 aliphatic rings. The van der Waals surface area contributed by atoms with E-state index in [1.54, 1.807) is 20.2 Å². The number of carbonyl (C=O) groups excluding carboxylic acids is 1. The summed E-state index contributed by atoms with van der Waals surface area (Å²) in [5.41, 5.74) is 1.20. The maximum Gasteiger partial charge on any atom is 0.269 e. The second-order valence-corrected chi connectivity index (χ2v) is 3.33. The largest absolute Gasteiger partial charge is 0.497 e. The molecule has 2 aromatic rings. The minimum atomic E-state index is -0.183. The highest BCUT2D eigenvalue weighted by Gasteiger charge is 2.05. The molecule has 0 saturated heterocycles. The lowest BCUT2D eigenvalue weighted by atomic mass is 10.2. The van der Waals surface area contributed by atoms with Gasteiger partial charge < -0.3 is 10.1 Å². The summed E-state index contributed by atoms with van der Waals surface area (Å²) in [4.78, 5) is 15.6. The van der Waals surface area contributed by atoms with Crippen molar-refractivity contribution in [1.29, 1.82) is 0 Å². The number of amides is 1. The number of methoxy groups -OCH3 is 1. The first-order valence-corrected chi connectivity index (χ1v) is 4.91. The molecule has 0 saturated carbocycles. The van der Waals surface area contributed by atoms with Gasteiger partial charge in [0.05, 0.1) is 12.6 Å². The zero-order chi connectivity index (χ0) is 11.5. The molecule has 0 radical (unpaired) electrons. The number of carbonyl (C=O) groups is 1. The van der Waals surface area contributed by atoms with Gasteiger partial charge in [0.1, 0.15) is 11.4 Å². The Labute approximate surface area is 93.3 Å². The van der Waals surface area contributed by atoms with E-state index >= 15 is 0 Å². The first kappa shape index (κ1) is 10.4. The smallest absolute Gasteiger partial charge is 0.269 e. The van der Waals surface area contributed by atoms with E-state index in [4.69, 9.17) is 4.74 Å². The van der Waals surface area contributed by atoms with E-state index in [2.05, 4.69) is 10.3 Å². The van der Waals surface area contributed by atoms with Crippen molar-refractivity contribution < 1.29 is 9.53 Å². The Morgan fingerprint density at radius 3 is 2.81 bits per heavy atom. The zero-order valence-corrected chi connectivity index (χ0v) is 9.15. The van der Waals surface area contributed by atoms with E-state index in [1.807, 2.05) is 24.3 Å². The predicted octanol–water partition coefficient (Wildman–Crippen LogP) is 1.60. The summed E-state index contributed by atoms with van der Waals surface area (Å²) in [5, 5.41) is 3.49. The van der Waals surface area contributed by atoms with Crippen LogP contribution in [0, 0.1) is 0 Å². The molecule has 1 amide bonds. The topological polar surface area (TPSA) is 51.2 Å². The molecule has 2 rings (SSSR count). The van der Waals surface area contributed by atoms with Crippen molar-refractivity contribution in [3.63, 3.8) is 0 Å². The van der Waals surface area contributed by atoms with Crippen LogP contribution in [-0.4, -0.2) is 25.0 Å². The van der Waals surface area contributed by atoms with Crippen molar-refractivity contribution >= 4 is 16.8 Å². The minimum Gasteiger partial charge on any atom is -0.497 e. The van der Waals surface area contributed by atoms with Crippen molar-refractivity contribution in [2.75, 3.05) is 14.2 Å². The highest BCUT2D eigenvalue weighted by atomic mass is 16.5. The van der Waals surface area contributed by atoms with E-state index in [-0.39, 0.29) is 5.91 Å². The molecule has 0 fully saturated rings. The molecule has 0 atom stereocenters. The number of nitrogens with zero attached hydrogens (tertiary/aromatic N) is 1. The summed E-state index contributed by atoms with van der Waals surface area (Å²) in [5.74, 6) is 0.597. The third-order valence-corrected chi connectivity index (χ3v) is 2.36. The van der Waals surface area contributed by atoms with Crippen molar-refractivity contribution in [3.05, 3.63) is 36.0 Å². The van der Waals surface area contributed by atoms with Gasteiger partial charge >= 0.3 is 0 Å². The monoisotopic (exact) mass is 216 g/mol. The summed E-state index contributed by atoms with van der Waals surface area (Å²) in [6, 6.07) is 9.09. The molecule has 1 aromatic heterocycles. The average Bonchev–Trinajstić information content (AvgIpc) is 2.36. The molecule has 16 heavy (non-hydrogen) atoms. The number of hydrogen-bond donors (Lipinski definition) is 1. The Hall–Kier alpha value is -2.10. The van der Waals surface area contributed by atoms with Crippen LogP contribution < -0.4 is 10.1 Å². The highest BCUT2D eigenvalue weighted by Crippen LogP contribution is 2.19. The summed E-state index contributed by atoms with van der Waals surface area (Å²) >= 11 is 0. The van der Waals surface area contributed by atoms with Crippen molar-refractivity contribution in [2.45, 2.75) is 0 Å². The third kappa shape index (κ3) is 1.82. The average molecular weight is 216 g/mol. The van der Waals surface area contributed by atoms with Crippen LogP contribution in [0.2, 0.25) is 0 Å².